The van der Waals surface area contributed by atoms with Gasteiger partial charge in [0.2, 0.25) is 0 Å². The molecule has 0 aromatic rings. The summed E-state index contributed by atoms with van der Waals surface area (Å²) in [5.41, 5.74) is -0.403. The first-order chi connectivity index (χ1) is 7.79. The molecule has 16 heavy (non-hydrogen) atoms. The van der Waals surface area contributed by atoms with Gasteiger partial charge in [-0.3, -0.25) is 0 Å². The van der Waals surface area contributed by atoms with Gasteiger partial charge >= 0.3 is 0 Å². The Hall–Kier alpha value is 0.270. The van der Waals surface area contributed by atoms with Crippen LogP contribution in [0.15, 0.2) is 0 Å². The van der Waals surface area contributed by atoms with Crippen molar-refractivity contribution in [3.8, 4) is 0 Å². The molecule has 0 amide bonds. The standard InChI is InChI=1S/C13H25NOS/c15-13(6-8-16-9-7-13)11-14-10-12-4-2-1-3-5-12/h12,14-15H,1-11H2. The molecule has 2 fully saturated rings. The van der Waals surface area contributed by atoms with Gasteiger partial charge in [0.25, 0.3) is 0 Å². The van der Waals surface area contributed by atoms with Crippen LogP contribution in [0.3, 0.4) is 0 Å². The minimum atomic E-state index is -0.403. The molecule has 2 rings (SSSR count). The smallest absolute Gasteiger partial charge is 0.0787 e. The second-order valence-electron chi connectivity index (χ2n) is 5.47. The zero-order valence-corrected chi connectivity index (χ0v) is 11.0. The lowest BCUT2D eigenvalue weighted by Crippen LogP contribution is -2.44. The average molecular weight is 243 g/mol. The monoisotopic (exact) mass is 243 g/mol. The molecule has 1 saturated carbocycles. The molecule has 94 valence electrons. The van der Waals surface area contributed by atoms with Gasteiger partial charge < -0.3 is 10.4 Å². The predicted molar refractivity (Wildman–Crippen MR) is 71.0 cm³/mol. The zero-order valence-electron chi connectivity index (χ0n) is 10.2. The summed E-state index contributed by atoms with van der Waals surface area (Å²) in [6, 6.07) is 0. The number of aliphatic hydroxyl groups is 1. The summed E-state index contributed by atoms with van der Waals surface area (Å²) in [6.45, 7) is 1.93. The van der Waals surface area contributed by atoms with Crippen LogP contribution in [0.1, 0.15) is 44.9 Å². The molecule has 1 aliphatic heterocycles. The molecular formula is C13H25NOS. The third kappa shape index (κ3) is 3.94. The van der Waals surface area contributed by atoms with E-state index in [1.165, 1.54) is 32.1 Å². The van der Waals surface area contributed by atoms with Crippen LogP contribution in [0.25, 0.3) is 0 Å². The van der Waals surface area contributed by atoms with Crippen LogP contribution in [0.2, 0.25) is 0 Å². The van der Waals surface area contributed by atoms with Crippen molar-refractivity contribution in [1.82, 2.24) is 5.32 Å². The molecule has 2 N–H and O–H groups in total. The van der Waals surface area contributed by atoms with Crippen LogP contribution in [0, 0.1) is 5.92 Å². The van der Waals surface area contributed by atoms with E-state index in [4.69, 9.17) is 0 Å². The van der Waals surface area contributed by atoms with Crippen molar-refractivity contribution in [2.75, 3.05) is 24.6 Å². The normalized spacial score (nSPS) is 26.8. The highest BCUT2D eigenvalue weighted by atomic mass is 32.2. The Labute approximate surface area is 104 Å². The molecule has 0 atom stereocenters. The van der Waals surface area contributed by atoms with Crippen molar-refractivity contribution in [2.45, 2.75) is 50.5 Å². The van der Waals surface area contributed by atoms with Crippen LogP contribution in [0.4, 0.5) is 0 Å². The maximum Gasteiger partial charge on any atom is 0.0787 e. The number of rotatable bonds is 4. The molecule has 1 heterocycles. The molecule has 0 aromatic carbocycles. The van der Waals surface area contributed by atoms with Gasteiger partial charge in [-0.15, -0.1) is 0 Å². The molecule has 2 aliphatic rings. The second kappa shape index (κ2) is 6.27. The van der Waals surface area contributed by atoms with Crippen LogP contribution in [-0.4, -0.2) is 35.3 Å². The summed E-state index contributed by atoms with van der Waals surface area (Å²) in [6.07, 6.45) is 8.96. The number of hydrogen-bond acceptors (Lipinski definition) is 3. The minimum Gasteiger partial charge on any atom is -0.389 e. The average Bonchev–Trinajstić information content (AvgIpc) is 2.31. The lowest BCUT2D eigenvalue weighted by atomic mass is 9.89. The quantitative estimate of drug-likeness (QED) is 0.795. The molecule has 0 bridgehead atoms. The van der Waals surface area contributed by atoms with Crippen molar-refractivity contribution in [3.05, 3.63) is 0 Å². The SMILES string of the molecule is OC1(CNCC2CCCCC2)CCSCC1. The van der Waals surface area contributed by atoms with E-state index < -0.39 is 5.60 Å². The number of nitrogens with one attached hydrogen (secondary N) is 1. The Kier molecular flexibility index (Phi) is 4.98. The van der Waals surface area contributed by atoms with E-state index in [1.54, 1.807) is 0 Å². The molecule has 2 nitrogen and oxygen atoms in total. The summed E-state index contributed by atoms with van der Waals surface area (Å²) in [5.74, 6) is 3.12. The van der Waals surface area contributed by atoms with Crippen molar-refractivity contribution in [2.24, 2.45) is 5.92 Å². The van der Waals surface area contributed by atoms with Crippen LogP contribution < -0.4 is 5.32 Å². The molecule has 0 aromatic heterocycles. The molecule has 1 aliphatic carbocycles. The third-order valence-corrected chi connectivity index (χ3v) is 5.02. The van der Waals surface area contributed by atoms with Crippen molar-refractivity contribution in [3.63, 3.8) is 0 Å². The van der Waals surface area contributed by atoms with E-state index >= 15 is 0 Å². The Morgan fingerprint density at radius 1 is 1.12 bits per heavy atom. The molecule has 0 spiro atoms. The number of hydrogen-bond donors (Lipinski definition) is 2. The van der Waals surface area contributed by atoms with E-state index in [1.807, 2.05) is 11.8 Å². The maximum atomic E-state index is 10.3. The highest BCUT2D eigenvalue weighted by Gasteiger charge is 2.29. The van der Waals surface area contributed by atoms with Crippen LogP contribution in [0.5, 0.6) is 0 Å². The Morgan fingerprint density at radius 3 is 2.50 bits per heavy atom. The Bertz CT molecular complexity index is 198. The summed E-state index contributed by atoms with van der Waals surface area (Å²) in [7, 11) is 0. The first-order valence-electron chi connectivity index (χ1n) is 6.79. The maximum absolute atomic E-state index is 10.3. The van der Waals surface area contributed by atoms with Gasteiger partial charge in [0.15, 0.2) is 0 Å². The van der Waals surface area contributed by atoms with Crippen LogP contribution >= 0.6 is 11.8 Å². The van der Waals surface area contributed by atoms with Crippen molar-refractivity contribution < 1.29 is 5.11 Å². The van der Waals surface area contributed by atoms with Gasteiger partial charge in [0.1, 0.15) is 0 Å². The molecule has 3 heteroatoms. The van der Waals surface area contributed by atoms with E-state index in [-0.39, 0.29) is 0 Å². The molecule has 0 radical (unpaired) electrons. The van der Waals surface area contributed by atoms with E-state index in [0.717, 1.165) is 43.4 Å². The molecule has 1 saturated heterocycles. The van der Waals surface area contributed by atoms with Gasteiger partial charge in [0, 0.05) is 6.54 Å². The highest BCUT2D eigenvalue weighted by molar-refractivity contribution is 7.99. The van der Waals surface area contributed by atoms with Crippen molar-refractivity contribution >= 4 is 11.8 Å². The van der Waals surface area contributed by atoms with Gasteiger partial charge in [0.05, 0.1) is 5.60 Å². The van der Waals surface area contributed by atoms with Gasteiger partial charge in [-0.2, -0.15) is 11.8 Å². The fourth-order valence-corrected chi connectivity index (χ4v) is 4.08. The van der Waals surface area contributed by atoms with E-state index in [2.05, 4.69) is 5.32 Å². The van der Waals surface area contributed by atoms with Crippen LogP contribution in [-0.2, 0) is 0 Å². The summed E-state index contributed by atoms with van der Waals surface area (Å²) < 4.78 is 0. The minimum absolute atomic E-state index is 0.403. The fraction of sp³-hybridized carbons (Fsp3) is 1.00. The van der Waals surface area contributed by atoms with Gasteiger partial charge in [-0.25, -0.2) is 0 Å². The molecule has 0 unspecified atom stereocenters. The fourth-order valence-electron chi connectivity index (χ4n) is 2.83. The second-order valence-corrected chi connectivity index (χ2v) is 6.70. The summed E-state index contributed by atoms with van der Waals surface area (Å²) in [4.78, 5) is 0. The predicted octanol–water partition coefficient (Wildman–Crippen LogP) is 2.41. The van der Waals surface area contributed by atoms with Gasteiger partial charge in [-0.1, -0.05) is 19.3 Å². The largest absolute Gasteiger partial charge is 0.389 e. The zero-order chi connectivity index (χ0) is 11.3. The highest BCUT2D eigenvalue weighted by Crippen LogP contribution is 2.27. The third-order valence-electron chi connectivity index (χ3n) is 4.04. The lowest BCUT2D eigenvalue weighted by Gasteiger charge is -2.33. The van der Waals surface area contributed by atoms with Crippen molar-refractivity contribution in [1.29, 1.82) is 0 Å². The lowest BCUT2D eigenvalue weighted by molar-refractivity contribution is 0.0311. The van der Waals surface area contributed by atoms with Gasteiger partial charge in [-0.05, 0) is 49.7 Å². The first kappa shape index (κ1) is 12.7. The van der Waals surface area contributed by atoms with E-state index in [9.17, 15) is 5.11 Å². The number of thioether (sulfide) groups is 1. The molecular weight excluding hydrogens is 218 g/mol. The Balaban J connectivity index is 1.62. The first-order valence-corrected chi connectivity index (χ1v) is 7.95. The topological polar surface area (TPSA) is 32.3 Å². The Morgan fingerprint density at radius 2 is 1.81 bits per heavy atom. The van der Waals surface area contributed by atoms with E-state index in [0.29, 0.717) is 0 Å². The summed E-state index contributed by atoms with van der Waals surface area (Å²) >= 11 is 1.97. The summed E-state index contributed by atoms with van der Waals surface area (Å²) in [5, 5.41) is 13.8.